The summed E-state index contributed by atoms with van der Waals surface area (Å²) in [7, 11) is 0. The molecular formula is C20H37N5O6S. The van der Waals surface area contributed by atoms with Gasteiger partial charge in [-0.15, -0.1) is 0 Å². The van der Waals surface area contributed by atoms with Crippen molar-refractivity contribution in [2.45, 2.75) is 77.5 Å². The van der Waals surface area contributed by atoms with E-state index >= 15 is 0 Å². The number of amides is 4. The molecule has 0 saturated heterocycles. The van der Waals surface area contributed by atoms with Gasteiger partial charge >= 0.3 is 5.97 Å². The number of carboxylic acids is 1. The fourth-order valence-electron chi connectivity index (χ4n) is 2.81. The number of carboxylic acid groups (broad SMARTS) is 1. The molecule has 32 heavy (non-hydrogen) atoms. The van der Waals surface area contributed by atoms with E-state index in [1.54, 1.807) is 6.92 Å². The van der Waals surface area contributed by atoms with Gasteiger partial charge in [0.2, 0.25) is 23.6 Å². The third-order valence-electron chi connectivity index (χ3n) is 4.97. The zero-order valence-corrected chi connectivity index (χ0v) is 20.0. The van der Waals surface area contributed by atoms with Gasteiger partial charge in [-0.1, -0.05) is 34.1 Å². The van der Waals surface area contributed by atoms with Crippen molar-refractivity contribution in [3.8, 4) is 0 Å². The minimum absolute atomic E-state index is 0.0178. The molecule has 4 amide bonds. The van der Waals surface area contributed by atoms with Crippen LogP contribution in [0.2, 0.25) is 0 Å². The number of nitrogens with one attached hydrogen (secondary N) is 3. The fraction of sp³-hybridized carbons (Fsp3) is 0.750. The Balaban J connectivity index is 5.27. The quantitative estimate of drug-likeness (QED) is 0.150. The van der Waals surface area contributed by atoms with Crippen molar-refractivity contribution in [2.24, 2.45) is 23.3 Å². The summed E-state index contributed by atoms with van der Waals surface area (Å²) in [5, 5.41) is 16.9. The fourth-order valence-corrected chi connectivity index (χ4v) is 3.07. The van der Waals surface area contributed by atoms with Crippen LogP contribution in [0, 0.1) is 11.8 Å². The molecule has 0 rings (SSSR count). The molecule has 5 unspecified atom stereocenters. The summed E-state index contributed by atoms with van der Waals surface area (Å²) >= 11 is 4.08. The predicted octanol–water partition coefficient (Wildman–Crippen LogP) is -0.860. The lowest BCUT2D eigenvalue weighted by molar-refractivity contribution is -0.144. The van der Waals surface area contributed by atoms with Crippen molar-refractivity contribution >= 4 is 42.2 Å². The normalized spacial score (nSPS) is 15.7. The van der Waals surface area contributed by atoms with E-state index in [-0.39, 0.29) is 36.9 Å². The Kier molecular flexibility index (Phi) is 13.6. The Bertz CT molecular complexity index is 675. The third kappa shape index (κ3) is 10.8. The first kappa shape index (κ1) is 29.7. The molecule has 0 aliphatic carbocycles. The lowest BCUT2D eigenvalue weighted by Crippen LogP contribution is -2.58. The van der Waals surface area contributed by atoms with Gasteiger partial charge in [0.15, 0.2) is 0 Å². The van der Waals surface area contributed by atoms with Gasteiger partial charge in [0.05, 0.1) is 6.04 Å². The lowest BCUT2D eigenvalue weighted by Gasteiger charge is -2.27. The van der Waals surface area contributed by atoms with E-state index in [4.69, 9.17) is 11.5 Å². The van der Waals surface area contributed by atoms with Gasteiger partial charge in [-0.05, 0) is 24.7 Å². The zero-order chi connectivity index (χ0) is 25.0. The smallest absolute Gasteiger partial charge is 0.326 e. The standard InChI is InChI=1S/C20H37N5O6S/c1-5-11(4)16(20(30)31)25-18(28)13(8-10(2)3)23-19(29)14(9-32)24-17(27)12(21)6-7-15(22)26/h10-14,16,32H,5-9,21H2,1-4H3,(H2,22,26)(H,23,29)(H,24,27)(H,25,28)(H,30,31). The van der Waals surface area contributed by atoms with Crippen molar-refractivity contribution in [2.75, 3.05) is 5.75 Å². The average molecular weight is 476 g/mol. The Labute approximate surface area is 194 Å². The maximum atomic E-state index is 12.8. The molecular weight excluding hydrogens is 438 g/mol. The number of carbonyl (C=O) groups is 5. The van der Waals surface area contributed by atoms with E-state index in [1.807, 2.05) is 20.8 Å². The van der Waals surface area contributed by atoms with E-state index in [2.05, 4.69) is 28.6 Å². The molecule has 0 bridgehead atoms. The van der Waals surface area contributed by atoms with Crippen LogP contribution in [-0.4, -0.2) is 64.6 Å². The topological polar surface area (TPSA) is 194 Å². The van der Waals surface area contributed by atoms with Crippen LogP contribution in [0.4, 0.5) is 0 Å². The largest absolute Gasteiger partial charge is 0.480 e. The van der Waals surface area contributed by atoms with Crippen molar-refractivity contribution in [3.05, 3.63) is 0 Å². The van der Waals surface area contributed by atoms with Gasteiger partial charge < -0.3 is 32.5 Å². The summed E-state index contributed by atoms with van der Waals surface area (Å²) in [6.45, 7) is 7.23. The maximum Gasteiger partial charge on any atom is 0.326 e. The summed E-state index contributed by atoms with van der Waals surface area (Å²) in [6.07, 6.45) is 0.745. The SMILES string of the molecule is CCC(C)C(NC(=O)C(CC(C)C)NC(=O)C(CS)NC(=O)C(N)CCC(N)=O)C(=O)O. The van der Waals surface area contributed by atoms with E-state index in [1.165, 1.54) is 0 Å². The van der Waals surface area contributed by atoms with E-state index in [0.717, 1.165) is 0 Å². The van der Waals surface area contributed by atoms with Crippen LogP contribution in [0.3, 0.4) is 0 Å². The minimum Gasteiger partial charge on any atom is -0.480 e. The van der Waals surface area contributed by atoms with Crippen LogP contribution in [0.15, 0.2) is 0 Å². The van der Waals surface area contributed by atoms with Crippen molar-refractivity contribution in [1.82, 2.24) is 16.0 Å². The highest BCUT2D eigenvalue weighted by atomic mass is 32.1. The summed E-state index contributed by atoms with van der Waals surface area (Å²) in [4.78, 5) is 60.1. The van der Waals surface area contributed by atoms with Crippen LogP contribution < -0.4 is 27.4 Å². The van der Waals surface area contributed by atoms with Gasteiger partial charge in [0, 0.05) is 12.2 Å². The molecule has 0 saturated carbocycles. The molecule has 8 N–H and O–H groups in total. The summed E-state index contributed by atoms with van der Waals surface area (Å²) in [6, 6.07) is -4.23. The monoisotopic (exact) mass is 475 g/mol. The second-order valence-electron chi connectivity index (χ2n) is 8.26. The lowest BCUT2D eigenvalue weighted by atomic mass is 9.97. The van der Waals surface area contributed by atoms with Crippen molar-refractivity contribution in [1.29, 1.82) is 0 Å². The number of primary amides is 1. The van der Waals surface area contributed by atoms with Crippen LogP contribution in [0.5, 0.6) is 0 Å². The van der Waals surface area contributed by atoms with Crippen molar-refractivity contribution in [3.63, 3.8) is 0 Å². The van der Waals surface area contributed by atoms with E-state index < -0.39 is 53.8 Å². The van der Waals surface area contributed by atoms with Crippen LogP contribution in [0.1, 0.15) is 53.4 Å². The van der Waals surface area contributed by atoms with E-state index in [9.17, 15) is 29.1 Å². The number of aliphatic carboxylic acids is 1. The molecule has 5 atom stereocenters. The highest BCUT2D eigenvalue weighted by molar-refractivity contribution is 7.80. The number of nitrogens with two attached hydrogens (primary N) is 2. The second-order valence-corrected chi connectivity index (χ2v) is 8.62. The molecule has 0 aromatic rings. The number of rotatable bonds is 15. The number of hydrogen-bond donors (Lipinski definition) is 7. The molecule has 0 aliphatic rings. The second kappa shape index (κ2) is 14.7. The maximum absolute atomic E-state index is 12.8. The first-order valence-corrected chi connectivity index (χ1v) is 11.3. The summed E-state index contributed by atoms with van der Waals surface area (Å²) < 4.78 is 0. The first-order chi connectivity index (χ1) is 14.8. The van der Waals surface area contributed by atoms with Gasteiger partial charge in [-0.3, -0.25) is 19.2 Å². The highest BCUT2D eigenvalue weighted by Crippen LogP contribution is 2.11. The molecule has 12 heteroatoms. The molecule has 0 aliphatic heterocycles. The summed E-state index contributed by atoms with van der Waals surface area (Å²) in [5.74, 6) is -4.06. The van der Waals surface area contributed by atoms with Gasteiger partial charge in [-0.2, -0.15) is 12.6 Å². The van der Waals surface area contributed by atoms with Crippen LogP contribution >= 0.6 is 12.6 Å². The molecule has 0 aromatic heterocycles. The number of hydrogen-bond acceptors (Lipinski definition) is 7. The third-order valence-corrected chi connectivity index (χ3v) is 5.34. The van der Waals surface area contributed by atoms with Crippen LogP contribution in [0.25, 0.3) is 0 Å². The summed E-state index contributed by atoms with van der Waals surface area (Å²) in [5.41, 5.74) is 10.8. The van der Waals surface area contributed by atoms with Gasteiger partial charge in [0.25, 0.3) is 0 Å². The Morgan fingerprint density at radius 1 is 0.938 bits per heavy atom. The molecule has 0 fully saturated rings. The Morgan fingerprint density at radius 3 is 1.91 bits per heavy atom. The first-order valence-electron chi connectivity index (χ1n) is 10.6. The molecule has 0 spiro atoms. The number of carbonyl (C=O) groups excluding carboxylic acids is 4. The molecule has 0 heterocycles. The Hall–Kier alpha value is -2.34. The minimum atomic E-state index is -1.16. The molecule has 0 aromatic carbocycles. The molecule has 184 valence electrons. The van der Waals surface area contributed by atoms with Crippen molar-refractivity contribution < 1.29 is 29.1 Å². The molecule has 0 radical (unpaired) electrons. The Morgan fingerprint density at radius 2 is 1.47 bits per heavy atom. The van der Waals surface area contributed by atoms with Gasteiger partial charge in [0.1, 0.15) is 18.1 Å². The average Bonchev–Trinajstić information content (AvgIpc) is 2.71. The predicted molar refractivity (Wildman–Crippen MR) is 123 cm³/mol. The highest BCUT2D eigenvalue weighted by Gasteiger charge is 2.31. The van der Waals surface area contributed by atoms with E-state index in [0.29, 0.717) is 6.42 Å². The molecule has 11 nitrogen and oxygen atoms in total. The van der Waals surface area contributed by atoms with Gasteiger partial charge in [-0.25, -0.2) is 4.79 Å². The van der Waals surface area contributed by atoms with Crippen LogP contribution in [-0.2, 0) is 24.0 Å². The zero-order valence-electron chi connectivity index (χ0n) is 19.1. The number of thiol groups is 1.